The summed E-state index contributed by atoms with van der Waals surface area (Å²) in [7, 11) is 0. The van der Waals surface area contributed by atoms with E-state index in [0.717, 1.165) is 5.56 Å². The number of amides is 2. The molecule has 22 heavy (non-hydrogen) atoms. The van der Waals surface area contributed by atoms with Gasteiger partial charge in [-0.2, -0.15) is 0 Å². The number of piperazine rings is 1. The maximum Gasteiger partial charge on any atom is 0.239 e. The summed E-state index contributed by atoms with van der Waals surface area (Å²) in [5.41, 5.74) is 0.959. The second kappa shape index (κ2) is 6.43. The minimum absolute atomic E-state index is 0.0469. The maximum atomic E-state index is 12.1. The van der Waals surface area contributed by atoms with E-state index in [1.54, 1.807) is 11.1 Å². The highest BCUT2D eigenvalue weighted by atomic mass is 16.4. The van der Waals surface area contributed by atoms with Crippen molar-refractivity contribution in [3.8, 4) is 11.3 Å². The van der Waals surface area contributed by atoms with Crippen LogP contribution < -0.4 is 5.32 Å². The first-order valence-corrected chi connectivity index (χ1v) is 7.27. The lowest BCUT2D eigenvalue weighted by Gasteiger charge is -2.26. The molecule has 1 aliphatic heterocycles. The third-order valence-corrected chi connectivity index (χ3v) is 3.56. The van der Waals surface area contributed by atoms with Crippen LogP contribution >= 0.6 is 0 Å². The van der Waals surface area contributed by atoms with Gasteiger partial charge in [-0.15, -0.1) is 0 Å². The molecule has 6 nitrogen and oxygen atoms in total. The molecule has 0 radical (unpaired) electrons. The molecule has 6 heteroatoms. The molecule has 1 N–H and O–H groups in total. The third-order valence-electron chi connectivity index (χ3n) is 3.56. The summed E-state index contributed by atoms with van der Waals surface area (Å²) in [6.07, 6.45) is 2.40. The Kier molecular flexibility index (Phi) is 4.18. The summed E-state index contributed by atoms with van der Waals surface area (Å²) in [4.78, 5) is 29.1. The predicted octanol–water partition coefficient (Wildman–Crippen LogP) is 1.23. The molecule has 0 spiro atoms. The first-order valence-electron chi connectivity index (χ1n) is 7.27. The molecule has 0 bridgehead atoms. The SMILES string of the molecule is O=C1CN(C(=O)CCc2ncc(-c3ccccc3)o2)CCN1. The quantitative estimate of drug-likeness (QED) is 0.921. The van der Waals surface area contributed by atoms with Gasteiger partial charge >= 0.3 is 0 Å². The average Bonchev–Trinajstić information content (AvgIpc) is 3.02. The molecule has 0 saturated carbocycles. The van der Waals surface area contributed by atoms with Crippen molar-refractivity contribution in [3.05, 3.63) is 42.4 Å². The van der Waals surface area contributed by atoms with Crippen LogP contribution in [0.15, 0.2) is 40.9 Å². The molecule has 1 fully saturated rings. The van der Waals surface area contributed by atoms with E-state index in [0.29, 0.717) is 37.6 Å². The molecule has 2 heterocycles. The highest BCUT2D eigenvalue weighted by Crippen LogP contribution is 2.20. The van der Waals surface area contributed by atoms with Gasteiger partial charge in [-0.1, -0.05) is 30.3 Å². The summed E-state index contributed by atoms with van der Waals surface area (Å²) >= 11 is 0. The van der Waals surface area contributed by atoms with Gasteiger partial charge in [-0.05, 0) is 0 Å². The van der Waals surface area contributed by atoms with Crippen LogP contribution in [0.1, 0.15) is 12.3 Å². The molecule has 2 aromatic rings. The van der Waals surface area contributed by atoms with Crippen LogP contribution in [0.25, 0.3) is 11.3 Å². The van der Waals surface area contributed by atoms with Gasteiger partial charge in [0.05, 0.1) is 12.7 Å². The highest BCUT2D eigenvalue weighted by molar-refractivity contribution is 5.85. The molecule has 2 amide bonds. The zero-order valence-corrected chi connectivity index (χ0v) is 12.1. The smallest absolute Gasteiger partial charge is 0.239 e. The molecule has 0 unspecified atom stereocenters. The summed E-state index contributed by atoms with van der Waals surface area (Å²) in [6, 6.07) is 9.70. The number of benzene rings is 1. The highest BCUT2D eigenvalue weighted by Gasteiger charge is 2.21. The van der Waals surface area contributed by atoms with Crippen molar-refractivity contribution in [1.82, 2.24) is 15.2 Å². The molecule has 1 saturated heterocycles. The Morgan fingerprint density at radius 2 is 2.14 bits per heavy atom. The zero-order chi connectivity index (χ0) is 15.4. The topological polar surface area (TPSA) is 75.4 Å². The number of carbonyl (C=O) groups excluding carboxylic acids is 2. The fourth-order valence-electron chi connectivity index (χ4n) is 2.39. The normalized spacial score (nSPS) is 14.7. The Morgan fingerprint density at radius 3 is 2.91 bits per heavy atom. The fraction of sp³-hybridized carbons (Fsp3) is 0.312. The van der Waals surface area contributed by atoms with E-state index in [1.165, 1.54) is 0 Å². The lowest BCUT2D eigenvalue weighted by Crippen LogP contribution is -2.50. The number of rotatable bonds is 4. The standard InChI is InChI=1S/C16H17N3O3/c20-14-11-19(9-8-17-14)16(21)7-6-15-18-10-13(22-15)12-4-2-1-3-5-12/h1-5,10H,6-9,11H2,(H,17,20). The molecular weight excluding hydrogens is 282 g/mol. The van der Waals surface area contributed by atoms with Crippen molar-refractivity contribution in [2.75, 3.05) is 19.6 Å². The Labute approximate surface area is 128 Å². The van der Waals surface area contributed by atoms with E-state index in [2.05, 4.69) is 10.3 Å². The van der Waals surface area contributed by atoms with Crippen molar-refractivity contribution in [2.45, 2.75) is 12.8 Å². The summed E-state index contributed by atoms with van der Waals surface area (Å²) < 4.78 is 5.67. The van der Waals surface area contributed by atoms with Crippen LogP contribution in [0.2, 0.25) is 0 Å². The average molecular weight is 299 g/mol. The molecule has 1 aromatic heterocycles. The number of hydrogen-bond acceptors (Lipinski definition) is 4. The lowest BCUT2D eigenvalue weighted by atomic mass is 10.2. The van der Waals surface area contributed by atoms with Crippen LogP contribution in [0.5, 0.6) is 0 Å². The van der Waals surface area contributed by atoms with E-state index in [9.17, 15) is 9.59 Å². The number of aromatic nitrogens is 1. The Balaban J connectivity index is 1.57. The number of carbonyl (C=O) groups is 2. The zero-order valence-electron chi connectivity index (χ0n) is 12.1. The number of hydrogen-bond donors (Lipinski definition) is 1. The van der Waals surface area contributed by atoms with Gasteiger partial charge in [0.15, 0.2) is 11.7 Å². The molecule has 1 aromatic carbocycles. The summed E-state index contributed by atoms with van der Waals surface area (Å²) in [5, 5.41) is 2.70. The van der Waals surface area contributed by atoms with Gasteiger partial charge in [0, 0.05) is 31.5 Å². The molecule has 0 aliphatic carbocycles. The largest absolute Gasteiger partial charge is 0.441 e. The number of oxazole rings is 1. The van der Waals surface area contributed by atoms with Crippen molar-refractivity contribution in [2.24, 2.45) is 0 Å². The van der Waals surface area contributed by atoms with E-state index in [-0.39, 0.29) is 18.4 Å². The first-order chi connectivity index (χ1) is 10.7. The van der Waals surface area contributed by atoms with E-state index >= 15 is 0 Å². The van der Waals surface area contributed by atoms with Gasteiger partial charge < -0.3 is 14.6 Å². The van der Waals surface area contributed by atoms with Crippen LogP contribution in [0, 0.1) is 0 Å². The molecule has 3 rings (SSSR count). The molecule has 114 valence electrons. The van der Waals surface area contributed by atoms with Crippen LogP contribution in [-0.4, -0.2) is 41.3 Å². The lowest BCUT2D eigenvalue weighted by molar-refractivity contribution is -0.138. The third kappa shape index (κ3) is 3.33. The fourth-order valence-corrected chi connectivity index (χ4v) is 2.39. The summed E-state index contributed by atoms with van der Waals surface area (Å²) in [5.74, 6) is 1.07. The first kappa shape index (κ1) is 14.3. The predicted molar refractivity (Wildman–Crippen MR) is 79.8 cm³/mol. The minimum atomic E-state index is -0.109. The minimum Gasteiger partial charge on any atom is -0.441 e. The Morgan fingerprint density at radius 1 is 1.32 bits per heavy atom. The second-order valence-electron chi connectivity index (χ2n) is 5.15. The Bertz CT molecular complexity index is 666. The second-order valence-corrected chi connectivity index (χ2v) is 5.15. The van der Waals surface area contributed by atoms with Crippen LogP contribution in [0.3, 0.4) is 0 Å². The van der Waals surface area contributed by atoms with Gasteiger partial charge in [0.25, 0.3) is 0 Å². The number of nitrogens with zero attached hydrogens (tertiary/aromatic N) is 2. The van der Waals surface area contributed by atoms with Crippen LogP contribution in [-0.2, 0) is 16.0 Å². The monoisotopic (exact) mass is 299 g/mol. The molecule has 0 atom stereocenters. The van der Waals surface area contributed by atoms with E-state index in [1.807, 2.05) is 30.3 Å². The van der Waals surface area contributed by atoms with E-state index in [4.69, 9.17) is 4.42 Å². The van der Waals surface area contributed by atoms with E-state index < -0.39 is 0 Å². The maximum absolute atomic E-state index is 12.1. The number of aryl methyl sites for hydroxylation is 1. The van der Waals surface area contributed by atoms with Crippen molar-refractivity contribution in [1.29, 1.82) is 0 Å². The van der Waals surface area contributed by atoms with Crippen molar-refractivity contribution in [3.63, 3.8) is 0 Å². The van der Waals surface area contributed by atoms with Crippen molar-refractivity contribution >= 4 is 11.8 Å². The number of nitrogens with one attached hydrogen (secondary N) is 1. The van der Waals surface area contributed by atoms with Gasteiger partial charge in [-0.25, -0.2) is 4.98 Å². The molecule has 1 aliphatic rings. The van der Waals surface area contributed by atoms with Gasteiger partial charge in [0.1, 0.15) is 0 Å². The van der Waals surface area contributed by atoms with Gasteiger partial charge in [0.2, 0.25) is 11.8 Å². The molecular formula is C16H17N3O3. The van der Waals surface area contributed by atoms with Crippen LogP contribution in [0.4, 0.5) is 0 Å². The van der Waals surface area contributed by atoms with Gasteiger partial charge in [-0.3, -0.25) is 9.59 Å². The van der Waals surface area contributed by atoms with Crippen molar-refractivity contribution < 1.29 is 14.0 Å². The summed E-state index contributed by atoms with van der Waals surface area (Å²) in [6.45, 7) is 1.22. The Hall–Kier alpha value is -2.63.